The normalized spacial score (nSPS) is 17.1. The number of aromatic nitrogens is 2. The number of piperidine rings is 1. The minimum absolute atomic E-state index is 0.254. The van der Waals surface area contributed by atoms with Gasteiger partial charge in [0.2, 0.25) is 5.91 Å². The number of amides is 1. The van der Waals surface area contributed by atoms with Gasteiger partial charge in [-0.3, -0.25) is 9.48 Å². The summed E-state index contributed by atoms with van der Waals surface area (Å²) in [5.41, 5.74) is 0. The van der Waals surface area contributed by atoms with Gasteiger partial charge >= 0.3 is 0 Å². The minimum atomic E-state index is 0.254. The van der Waals surface area contributed by atoms with Crippen molar-refractivity contribution in [1.82, 2.24) is 20.0 Å². The van der Waals surface area contributed by atoms with E-state index in [9.17, 15) is 4.79 Å². The Bertz CT molecular complexity index is 399. The molecule has 1 aromatic rings. The number of hydrogen-bond donors (Lipinski definition) is 1. The SMILES string of the molecule is CNCCC(=O)N1CCC(n2cc(Br)cn2)CC1. The van der Waals surface area contributed by atoms with E-state index >= 15 is 0 Å². The molecule has 0 unspecified atom stereocenters. The van der Waals surface area contributed by atoms with E-state index in [0.29, 0.717) is 12.5 Å². The minimum Gasteiger partial charge on any atom is -0.343 e. The molecule has 2 heterocycles. The summed E-state index contributed by atoms with van der Waals surface area (Å²) in [5.74, 6) is 0.254. The number of carbonyl (C=O) groups is 1. The predicted octanol–water partition coefficient (Wildman–Crippen LogP) is 1.42. The van der Waals surface area contributed by atoms with Crippen LogP contribution in [0.25, 0.3) is 0 Å². The molecule has 1 saturated heterocycles. The summed E-state index contributed by atoms with van der Waals surface area (Å²) >= 11 is 3.41. The van der Waals surface area contributed by atoms with E-state index in [1.54, 1.807) is 0 Å². The highest BCUT2D eigenvalue weighted by atomic mass is 79.9. The number of hydrogen-bond acceptors (Lipinski definition) is 3. The highest BCUT2D eigenvalue weighted by Gasteiger charge is 2.23. The smallest absolute Gasteiger partial charge is 0.223 e. The molecule has 1 aliphatic heterocycles. The fourth-order valence-corrected chi connectivity index (χ4v) is 2.59. The number of halogens is 1. The lowest BCUT2D eigenvalue weighted by atomic mass is 10.1. The highest BCUT2D eigenvalue weighted by molar-refractivity contribution is 9.10. The van der Waals surface area contributed by atoms with Gasteiger partial charge in [0.1, 0.15) is 0 Å². The average molecular weight is 315 g/mol. The summed E-state index contributed by atoms with van der Waals surface area (Å²) in [4.78, 5) is 13.8. The Morgan fingerprint density at radius 1 is 1.56 bits per heavy atom. The van der Waals surface area contributed by atoms with Crippen molar-refractivity contribution >= 4 is 21.8 Å². The van der Waals surface area contributed by atoms with Gasteiger partial charge in [0.05, 0.1) is 16.7 Å². The molecule has 0 spiro atoms. The molecule has 18 heavy (non-hydrogen) atoms. The van der Waals surface area contributed by atoms with Gasteiger partial charge in [-0.1, -0.05) is 0 Å². The van der Waals surface area contributed by atoms with Gasteiger partial charge in [-0.2, -0.15) is 5.10 Å². The Morgan fingerprint density at radius 3 is 2.83 bits per heavy atom. The molecule has 0 aliphatic carbocycles. The van der Waals surface area contributed by atoms with Crippen LogP contribution in [-0.4, -0.2) is 47.3 Å². The van der Waals surface area contributed by atoms with E-state index in [1.807, 2.05) is 29.0 Å². The second-order valence-electron chi connectivity index (χ2n) is 4.60. The molecule has 6 heteroatoms. The van der Waals surface area contributed by atoms with Crippen LogP contribution < -0.4 is 5.32 Å². The lowest BCUT2D eigenvalue weighted by molar-refractivity contribution is -0.132. The maximum atomic E-state index is 11.9. The Kier molecular flexibility index (Phi) is 4.77. The fourth-order valence-electron chi connectivity index (χ4n) is 2.28. The molecule has 0 saturated carbocycles. The van der Waals surface area contributed by atoms with E-state index in [4.69, 9.17) is 0 Å². The van der Waals surface area contributed by atoms with Crippen molar-refractivity contribution in [2.75, 3.05) is 26.7 Å². The molecule has 0 bridgehead atoms. The summed E-state index contributed by atoms with van der Waals surface area (Å²) < 4.78 is 3.01. The van der Waals surface area contributed by atoms with Crippen molar-refractivity contribution in [3.8, 4) is 0 Å². The van der Waals surface area contributed by atoms with E-state index in [-0.39, 0.29) is 5.91 Å². The predicted molar refractivity (Wildman–Crippen MR) is 73.3 cm³/mol. The Labute approximate surface area is 116 Å². The second kappa shape index (κ2) is 6.33. The Hall–Kier alpha value is -0.880. The zero-order chi connectivity index (χ0) is 13.0. The zero-order valence-corrected chi connectivity index (χ0v) is 12.2. The molecule has 1 aromatic heterocycles. The van der Waals surface area contributed by atoms with Crippen molar-refractivity contribution in [3.63, 3.8) is 0 Å². The zero-order valence-electron chi connectivity index (χ0n) is 10.6. The van der Waals surface area contributed by atoms with Crippen LogP contribution in [0.15, 0.2) is 16.9 Å². The monoisotopic (exact) mass is 314 g/mol. The first kappa shape index (κ1) is 13.5. The van der Waals surface area contributed by atoms with E-state index in [0.717, 1.165) is 36.9 Å². The molecule has 1 amide bonds. The van der Waals surface area contributed by atoms with Crippen LogP contribution >= 0.6 is 15.9 Å². The standard InChI is InChI=1S/C12H19BrN4O/c1-14-5-2-12(18)16-6-3-11(4-7-16)17-9-10(13)8-15-17/h8-9,11,14H,2-7H2,1H3. The van der Waals surface area contributed by atoms with E-state index < -0.39 is 0 Å². The first-order chi connectivity index (χ1) is 8.70. The van der Waals surface area contributed by atoms with Gasteiger partial charge in [-0.15, -0.1) is 0 Å². The van der Waals surface area contributed by atoms with Gasteiger partial charge in [0, 0.05) is 32.3 Å². The second-order valence-corrected chi connectivity index (χ2v) is 5.52. The van der Waals surface area contributed by atoms with Crippen molar-refractivity contribution < 1.29 is 4.79 Å². The first-order valence-corrected chi connectivity index (χ1v) is 7.12. The molecule has 1 N–H and O–H groups in total. The Balaban J connectivity index is 1.82. The van der Waals surface area contributed by atoms with Crippen LogP contribution in [-0.2, 0) is 4.79 Å². The van der Waals surface area contributed by atoms with Gasteiger partial charge in [0.15, 0.2) is 0 Å². The average Bonchev–Trinajstić information content (AvgIpc) is 2.83. The van der Waals surface area contributed by atoms with Crippen molar-refractivity contribution in [3.05, 3.63) is 16.9 Å². The van der Waals surface area contributed by atoms with Gasteiger partial charge in [-0.25, -0.2) is 0 Å². The van der Waals surface area contributed by atoms with Gasteiger partial charge < -0.3 is 10.2 Å². The highest BCUT2D eigenvalue weighted by Crippen LogP contribution is 2.23. The Morgan fingerprint density at radius 2 is 2.28 bits per heavy atom. The number of likely N-dealkylation sites (tertiary alicyclic amines) is 1. The summed E-state index contributed by atoms with van der Waals surface area (Å²) in [5, 5.41) is 7.32. The van der Waals surface area contributed by atoms with E-state index in [2.05, 4.69) is 26.3 Å². The van der Waals surface area contributed by atoms with Crippen LogP contribution in [0.4, 0.5) is 0 Å². The molecule has 5 nitrogen and oxygen atoms in total. The molecule has 1 aliphatic rings. The molecular formula is C12H19BrN4O. The van der Waals surface area contributed by atoms with Crippen LogP contribution in [0.3, 0.4) is 0 Å². The summed E-state index contributed by atoms with van der Waals surface area (Å²) in [7, 11) is 1.87. The summed E-state index contributed by atoms with van der Waals surface area (Å²) in [6.45, 7) is 2.43. The topological polar surface area (TPSA) is 50.2 Å². The van der Waals surface area contributed by atoms with E-state index in [1.165, 1.54) is 0 Å². The number of carbonyl (C=O) groups excluding carboxylic acids is 1. The number of nitrogens with one attached hydrogen (secondary N) is 1. The van der Waals surface area contributed by atoms with Crippen molar-refractivity contribution in [2.45, 2.75) is 25.3 Å². The third kappa shape index (κ3) is 3.32. The maximum absolute atomic E-state index is 11.9. The van der Waals surface area contributed by atoms with Crippen LogP contribution in [0.1, 0.15) is 25.3 Å². The number of rotatable bonds is 4. The van der Waals surface area contributed by atoms with Crippen LogP contribution in [0.2, 0.25) is 0 Å². The summed E-state index contributed by atoms with van der Waals surface area (Å²) in [6, 6.07) is 0.421. The first-order valence-electron chi connectivity index (χ1n) is 6.32. The lowest BCUT2D eigenvalue weighted by Gasteiger charge is -2.32. The molecule has 1 fully saturated rings. The summed E-state index contributed by atoms with van der Waals surface area (Å²) in [6.07, 6.45) is 6.38. The fraction of sp³-hybridized carbons (Fsp3) is 0.667. The van der Waals surface area contributed by atoms with Crippen molar-refractivity contribution in [2.24, 2.45) is 0 Å². The molecule has 2 rings (SSSR count). The van der Waals surface area contributed by atoms with Crippen molar-refractivity contribution in [1.29, 1.82) is 0 Å². The van der Waals surface area contributed by atoms with Crippen LogP contribution in [0, 0.1) is 0 Å². The molecular weight excluding hydrogens is 296 g/mol. The largest absolute Gasteiger partial charge is 0.343 e. The molecule has 100 valence electrons. The van der Waals surface area contributed by atoms with Gasteiger partial charge in [0.25, 0.3) is 0 Å². The third-order valence-corrected chi connectivity index (χ3v) is 3.76. The third-order valence-electron chi connectivity index (χ3n) is 3.35. The van der Waals surface area contributed by atoms with Crippen LogP contribution in [0.5, 0.6) is 0 Å². The van der Waals surface area contributed by atoms with Gasteiger partial charge in [-0.05, 0) is 35.8 Å². The maximum Gasteiger partial charge on any atom is 0.223 e. The molecule has 0 radical (unpaired) electrons. The number of nitrogens with zero attached hydrogens (tertiary/aromatic N) is 3. The lowest BCUT2D eigenvalue weighted by Crippen LogP contribution is -2.40. The molecule has 0 aromatic carbocycles. The quantitative estimate of drug-likeness (QED) is 0.914. The molecule has 0 atom stereocenters.